The largest absolute Gasteiger partial charge is 0.481 e. The lowest BCUT2D eigenvalue weighted by atomic mass is 9.91. The molecule has 2 fully saturated rings. The maximum Gasteiger partial charge on any atom is 0.307 e. The Balaban J connectivity index is 1.47. The van der Waals surface area contributed by atoms with Gasteiger partial charge in [0.1, 0.15) is 5.82 Å². The molecular weight excluding hydrogens is 315 g/mol. The summed E-state index contributed by atoms with van der Waals surface area (Å²) in [6.07, 6.45) is 2.07. The molecule has 3 rings (SSSR count). The maximum atomic E-state index is 13.1. The van der Waals surface area contributed by atoms with Crippen LogP contribution >= 0.6 is 0 Å². The number of nitrogens with zero attached hydrogens (tertiary/aromatic N) is 1. The SMILES string of the molecule is O=C(NCC(=O)N1CCC2(CC1)CC2C(=O)O)c1cccc(F)c1. The van der Waals surface area contributed by atoms with Gasteiger partial charge in [0.25, 0.3) is 5.91 Å². The minimum absolute atomic E-state index is 0.132. The fraction of sp³-hybridized carbons (Fsp3) is 0.471. The standard InChI is InChI=1S/C17H19FN2O4/c18-12-3-1-2-11(8-12)15(22)19-10-14(21)20-6-4-17(5-7-20)9-13(17)16(23)24/h1-3,8,13H,4-7,9-10H2,(H,19,22)(H,23,24). The fourth-order valence-electron chi connectivity index (χ4n) is 3.45. The van der Waals surface area contributed by atoms with Gasteiger partial charge in [-0.1, -0.05) is 6.07 Å². The normalized spacial score (nSPS) is 21.4. The van der Waals surface area contributed by atoms with Crippen LogP contribution in [0.3, 0.4) is 0 Å². The molecule has 7 heteroatoms. The molecule has 24 heavy (non-hydrogen) atoms. The minimum atomic E-state index is -0.753. The van der Waals surface area contributed by atoms with Crippen LogP contribution in [0.2, 0.25) is 0 Å². The molecule has 0 bridgehead atoms. The lowest BCUT2D eigenvalue weighted by Crippen LogP contribution is -2.45. The van der Waals surface area contributed by atoms with E-state index in [1.165, 1.54) is 18.2 Å². The number of carbonyl (C=O) groups is 3. The quantitative estimate of drug-likeness (QED) is 0.868. The molecule has 1 saturated heterocycles. The van der Waals surface area contributed by atoms with Gasteiger partial charge >= 0.3 is 5.97 Å². The molecule has 0 aromatic heterocycles. The Hall–Kier alpha value is -2.44. The number of carboxylic acid groups (broad SMARTS) is 1. The molecule has 6 nitrogen and oxygen atoms in total. The topological polar surface area (TPSA) is 86.7 Å². The molecule has 1 atom stereocenters. The number of piperidine rings is 1. The van der Waals surface area contributed by atoms with Crippen LogP contribution in [-0.2, 0) is 9.59 Å². The summed E-state index contributed by atoms with van der Waals surface area (Å²) in [6.45, 7) is 0.877. The number of carbonyl (C=O) groups excluding carboxylic acids is 2. The average molecular weight is 334 g/mol. The lowest BCUT2D eigenvalue weighted by Gasteiger charge is -2.32. The number of nitrogens with one attached hydrogen (secondary N) is 1. The van der Waals surface area contributed by atoms with Crippen LogP contribution in [0.15, 0.2) is 24.3 Å². The number of carboxylic acids is 1. The molecule has 1 saturated carbocycles. The number of rotatable bonds is 4. The Bertz CT molecular complexity index is 683. The maximum absolute atomic E-state index is 13.1. The highest BCUT2D eigenvalue weighted by molar-refractivity contribution is 5.96. The third kappa shape index (κ3) is 3.25. The number of benzene rings is 1. The first-order valence-electron chi connectivity index (χ1n) is 7.96. The van der Waals surface area contributed by atoms with Crippen molar-refractivity contribution in [1.82, 2.24) is 10.2 Å². The summed E-state index contributed by atoms with van der Waals surface area (Å²) in [5.74, 6) is -2.24. The van der Waals surface area contributed by atoms with Gasteiger partial charge in [0.05, 0.1) is 12.5 Å². The number of hydrogen-bond acceptors (Lipinski definition) is 3. The van der Waals surface area contributed by atoms with Gasteiger partial charge < -0.3 is 15.3 Å². The van der Waals surface area contributed by atoms with Crippen molar-refractivity contribution in [3.63, 3.8) is 0 Å². The highest BCUT2D eigenvalue weighted by Crippen LogP contribution is 2.59. The zero-order valence-corrected chi connectivity index (χ0v) is 13.1. The van der Waals surface area contributed by atoms with Crippen molar-refractivity contribution in [2.75, 3.05) is 19.6 Å². The molecule has 1 aliphatic heterocycles. The summed E-state index contributed by atoms with van der Waals surface area (Å²) in [4.78, 5) is 36.7. The second kappa shape index (κ2) is 6.22. The molecule has 128 valence electrons. The molecule has 2 aliphatic rings. The van der Waals surface area contributed by atoms with Crippen LogP contribution in [0.1, 0.15) is 29.6 Å². The third-order valence-corrected chi connectivity index (χ3v) is 5.09. The van der Waals surface area contributed by atoms with Crippen molar-refractivity contribution in [3.8, 4) is 0 Å². The van der Waals surface area contributed by atoms with E-state index in [2.05, 4.69) is 5.32 Å². The highest BCUT2D eigenvalue weighted by atomic mass is 19.1. The summed E-state index contributed by atoms with van der Waals surface area (Å²) in [5, 5.41) is 11.6. The summed E-state index contributed by atoms with van der Waals surface area (Å²) in [7, 11) is 0. The Kier molecular flexibility index (Phi) is 4.26. The van der Waals surface area contributed by atoms with Gasteiger partial charge in [0.15, 0.2) is 0 Å². The highest BCUT2D eigenvalue weighted by Gasteiger charge is 2.59. The van der Waals surface area contributed by atoms with Crippen molar-refractivity contribution in [2.24, 2.45) is 11.3 Å². The second-order valence-corrected chi connectivity index (χ2v) is 6.53. The first-order chi connectivity index (χ1) is 11.4. The zero-order chi connectivity index (χ0) is 17.3. The van der Waals surface area contributed by atoms with Crippen LogP contribution in [-0.4, -0.2) is 47.4 Å². The van der Waals surface area contributed by atoms with Gasteiger partial charge in [-0.3, -0.25) is 14.4 Å². The van der Waals surface area contributed by atoms with E-state index in [-0.39, 0.29) is 29.3 Å². The third-order valence-electron chi connectivity index (χ3n) is 5.09. The molecule has 1 aliphatic carbocycles. The van der Waals surface area contributed by atoms with Crippen molar-refractivity contribution in [2.45, 2.75) is 19.3 Å². The van der Waals surface area contributed by atoms with Crippen LogP contribution in [0.25, 0.3) is 0 Å². The van der Waals surface area contributed by atoms with E-state index in [9.17, 15) is 18.8 Å². The smallest absolute Gasteiger partial charge is 0.307 e. The van der Waals surface area contributed by atoms with Crippen molar-refractivity contribution in [3.05, 3.63) is 35.6 Å². The van der Waals surface area contributed by atoms with Crippen LogP contribution in [0.4, 0.5) is 4.39 Å². The minimum Gasteiger partial charge on any atom is -0.481 e. The second-order valence-electron chi connectivity index (χ2n) is 6.53. The Morgan fingerprint density at radius 1 is 1.29 bits per heavy atom. The lowest BCUT2D eigenvalue weighted by molar-refractivity contribution is -0.139. The van der Waals surface area contributed by atoms with Gasteiger partial charge in [-0.25, -0.2) is 4.39 Å². The predicted octanol–water partition coefficient (Wildman–Crippen LogP) is 1.27. The van der Waals surface area contributed by atoms with Crippen molar-refractivity contribution >= 4 is 17.8 Å². The van der Waals surface area contributed by atoms with Crippen molar-refractivity contribution in [1.29, 1.82) is 0 Å². The molecule has 1 aromatic rings. The summed E-state index contributed by atoms with van der Waals surface area (Å²) >= 11 is 0. The van der Waals surface area contributed by atoms with Crippen LogP contribution < -0.4 is 5.32 Å². The Morgan fingerprint density at radius 3 is 2.58 bits per heavy atom. The number of amides is 2. The fourth-order valence-corrected chi connectivity index (χ4v) is 3.45. The predicted molar refractivity (Wildman–Crippen MR) is 82.7 cm³/mol. The molecule has 2 N–H and O–H groups in total. The van der Waals surface area contributed by atoms with Crippen molar-refractivity contribution < 1.29 is 23.9 Å². The summed E-state index contributed by atoms with van der Waals surface area (Å²) in [6, 6.07) is 5.27. The Labute approximate surface area is 138 Å². The molecule has 1 unspecified atom stereocenters. The number of likely N-dealkylation sites (tertiary alicyclic amines) is 1. The molecule has 1 spiro atoms. The van der Waals surface area contributed by atoms with Gasteiger partial charge in [0, 0.05) is 18.7 Å². The van der Waals surface area contributed by atoms with E-state index in [0.29, 0.717) is 32.4 Å². The van der Waals surface area contributed by atoms with Gasteiger partial charge in [0.2, 0.25) is 5.91 Å². The van der Waals surface area contributed by atoms with Crippen LogP contribution in [0, 0.1) is 17.2 Å². The average Bonchev–Trinajstić information content (AvgIpc) is 3.27. The van der Waals surface area contributed by atoms with Crippen LogP contribution in [0.5, 0.6) is 0 Å². The first-order valence-corrected chi connectivity index (χ1v) is 7.96. The molecule has 0 radical (unpaired) electrons. The molecular formula is C17H19FN2O4. The van der Waals surface area contributed by atoms with E-state index in [4.69, 9.17) is 5.11 Å². The molecule has 2 amide bonds. The number of hydrogen-bond donors (Lipinski definition) is 2. The number of halogens is 1. The monoisotopic (exact) mass is 334 g/mol. The molecule has 1 heterocycles. The molecule has 1 aromatic carbocycles. The van der Waals surface area contributed by atoms with Gasteiger partial charge in [-0.15, -0.1) is 0 Å². The summed E-state index contributed by atoms with van der Waals surface area (Å²) in [5.41, 5.74) is 0.0376. The van der Waals surface area contributed by atoms with E-state index in [1.54, 1.807) is 4.90 Å². The van der Waals surface area contributed by atoms with E-state index in [0.717, 1.165) is 6.07 Å². The van der Waals surface area contributed by atoms with E-state index >= 15 is 0 Å². The van der Waals surface area contributed by atoms with E-state index < -0.39 is 17.7 Å². The van der Waals surface area contributed by atoms with E-state index in [1.807, 2.05) is 0 Å². The Morgan fingerprint density at radius 2 is 2.00 bits per heavy atom. The zero-order valence-electron chi connectivity index (χ0n) is 13.1. The number of aliphatic carboxylic acids is 1. The first kappa shape index (κ1) is 16.4. The summed E-state index contributed by atoms with van der Waals surface area (Å²) < 4.78 is 13.1. The van der Waals surface area contributed by atoms with Gasteiger partial charge in [-0.05, 0) is 42.9 Å². The van der Waals surface area contributed by atoms with Gasteiger partial charge in [-0.2, -0.15) is 0 Å².